The summed E-state index contributed by atoms with van der Waals surface area (Å²) in [5, 5.41) is 5.04. The first-order valence-corrected chi connectivity index (χ1v) is 10.5. The lowest BCUT2D eigenvalue weighted by Crippen LogP contribution is -2.51. The number of nitrogens with zero attached hydrogens (tertiary/aromatic N) is 2. The van der Waals surface area contributed by atoms with Crippen molar-refractivity contribution < 1.29 is 9.21 Å². The number of rotatable bonds is 4. The van der Waals surface area contributed by atoms with E-state index in [-0.39, 0.29) is 17.2 Å². The van der Waals surface area contributed by atoms with Gasteiger partial charge in [-0.25, -0.2) is 5.43 Å². The molecule has 2 heterocycles. The maximum atomic E-state index is 12.4. The highest BCUT2D eigenvalue weighted by Crippen LogP contribution is 2.44. The van der Waals surface area contributed by atoms with Gasteiger partial charge in [0.15, 0.2) is 5.76 Å². The lowest BCUT2D eigenvalue weighted by molar-refractivity contribution is 0.0929. The van der Waals surface area contributed by atoms with Gasteiger partial charge in [-0.2, -0.15) is 5.10 Å². The SMILES string of the molecule is CC1CC(C)(C)N(C(C)C)c2ccc(/C=N\NC(=O)c3cc4ccccc4o3)cc21. The molecule has 3 aromatic rings. The fraction of sp³-hybridized carbons (Fsp3) is 0.360. The minimum absolute atomic E-state index is 0.122. The molecule has 0 saturated carbocycles. The van der Waals surface area contributed by atoms with Crippen molar-refractivity contribution in [1.29, 1.82) is 0 Å². The molecule has 2 aromatic carbocycles. The van der Waals surface area contributed by atoms with Crippen LogP contribution in [-0.2, 0) is 0 Å². The number of carbonyl (C=O) groups is 1. The Morgan fingerprint density at radius 3 is 2.73 bits per heavy atom. The van der Waals surface area contributed by atoms with Crippen LogP contribution in [0.15, 0.2) is 58.0 Å². The number of fused-ring (bicyclic) bond motifs is 2. The van der Waals surface area contributed by atoms with Crippen molar-refractivity contribution in [3.05, 3.63) is 65.4 Å². The first kappa shape index (κ1) is 20.2. The molecular formula is C25H29N3O2. The molecule has 5 nitrogen and oxygen atoms in total. The van der Waals surface area contributed by atoms with Crippen molar-refractivity contribution in [3.8, 4) is 0 Å². The molecule has 0 radical (unpaired) electrons. The Hall–Kier alpha value is -3.08. The zero-order chi connectivity index (χ0) is 21.5. The van der Waals surface area contributed by atoms with E-state index in [1.54, 1.807) is 12.3 Å². The summed E-state index contributed by atoms with van der Waals surface area (Å²) in [5.41, 5.74) is 6.96. The number of hydrogen-bond acceptors (Lipinski definition) is 4. The van der Waals surface area contributed by atoms with E-state index in [4.69, 9.17) is 4.42 Å². The van der Waals surface area contributed by atoms with Gasteiger partial charge in [0.1, 0.15) is 5.58 Å². The number of carbonyl (C=O) groups excluding carboxylic acids is 1. The van der Waals surface area contributed by atoms with Crippen LogP contribution >= 0.6 is 0 Å². The molecule has 1 unspecified atom stereocenters. The van der Waals surface area contributed by atoms with Gasteiger partial charge < -0.3 is 9.32 Å². The van der Waals surface area contributed by atoms with Crippen LogP contribution in [0.4, 0.5) is 5.69 Å². The second-order valence-electron chi connectivity index (χ2n) is 9.05. The Balaban J connectivity index is 1.52. The molecule has 0 bridgehead atoms. The van der Waals surface area contributed by atoms with Gasteiger partial charge in [0.2, 0.25) is 0 Å². The number of hydrazone groups is 1. The number of benzene rings is 2. The number of hydrogen-bond donors (Lipinski definition) is 1. The van der Waals surface area contributed by atoms with E-state index in [0.717, 1.165) is 17.4 Å². The summed E-state index contributed by atoms with van der Waals surface area (Å²) in [6, 6.07) is 16.1. The van der Waals surface area contributed by atoms with Gasteiger partial charge in [-0.1, -0.05) is 31.2 Å². The standard InChI is InChI=1S/C25H29N3O2/c1-16(2)28-21-11-10-18(12-20(21)17(3)14-25(28,4)5)15-26-27-24(29)23-13-19-8-6-7-9-22(19)30-23/h6-13,15-17H,14H2,1-5H3,(H,27,29)/b26-15-. The average Bonchev–Trinajstić information content (AvgIpc) is 3.11. The van der Waals surface area contributed by atoms with Crippen molar-refractivity contribution >= 4 is 28.8 Å². The van der Waals surface area contributed by atoms with E-state index in [2.05, 4.69) is 68.2 Å². The Kier molecular flexibility index (Phi) is 5.14. The van der Waals surface area contributed by atoms with Gasteiger partial charge in [-0.3, -0.25) is 4.79 Å². The summed E-state index contributed by atoms with van der Waals surface area (Å²) in [7, 11) is 0. The van der Waals surface area contributed by atoms with Crippen molar-refractivity contribution in [2.75, 3.05) is 4.90 Å². The van der Waals surface area contributed by atoms with Crippen molar-refractivity contribution in [2.45, 2.75) is 58.5 Å². The largest absolute Gasteiger partial charge is 0.451 e. The highest BCUT2D eigenvalue weighted by molar-refractivity contribution is 5.96. The molecular weight excluding hydrogens is 374 g/mol. The third-order valence-corrected chi connectivity index (χ3v) is 5.85. The van der Waals surface area contributed by atoms with Crippen LogP contribution in [0.1, 0.15) is 68.6 Å². The monoisotopic (exact) mass is 403 g/mol. The molecule has 0 fully saturated rings. The second kappa shape index (κ2) is 7.63. The van der Waals surface area contributed by atoms with Crippen LogP contribution in [0.2, 0.25) is 0 Å². The smallest absolute Gasteiger partial charge is 0.307 e. The Morgan fingerprint density at radius 2 is 2.00 bits per heavy atom. The van der Waals surface area contributed by atoms with Crippen LogP contribution in [0.25, 0.3) is 11.0 Å². The fourth-order valence-corrected chi connectivity index (χ4v) is 4.84. The van der Waals surface area contributed by atoms with Crippen LogP contribution in [0.3, 0.4) is 0 Å². The highest BCUT2D eigenvalue weighted by atomic mass is 16.3. The van der Waals surface area contributed by atoms with Gasteiger partial charge in [-0.05, 0) is 75.4 Å². The molecule has 0 aliphatic carbocycles. The maximum absolute atomic E-state index is 12.4. The molecule has 0 spiro atoms. The number of nitrogens with one attached hydrogen (secondary N) is 1. The molecule has 1 N–H and O–H groups in total. The van der Waals surface area contributed by atoms with Crippen LogP contribution < -0.4 is 10.3 Å². The predicted molar refractivity (Wildman–Crippen MR) is 122 cm³/mol. The minimum atomic E-state index is -0.360. The number of furan rings is 1. The summed E-state index contributed by atoms with van der Waals surface area (Å²) in [6.45, 7) is 11.4. The van der Waals surface area contributed by atoms with E-state index in [1.165, 1.54) is 11.3 Å². The normalized spacial score (nSPS) is 18.2. The molecule has 30 heavy (non-hydrogen) atoms. The van der Waals surface area contributed by atoms with E-state index < -0.39 is 0 Å². The first-order chi connectivity index (χ1) is 14.3. The minimum Gasteiger partial charge on any atom is -0.451 e. The molecule has 0 saturated heterocycles. The van der Waals surface area contributed by atoms with Gasteiger partial charge >= 0.3 is 5.91 Å². The third kappa shape index (κ3) is 3.72. The molecule has 5 heteroatoms. The summed E-state index contributed by atoms with van der Waals surface area (Å²) in [4.78, 5) is 14.9. The third-order valence-electron chi connectivity index (χ3n) is 5.85. The highest BCUT2D eigenvalue weighted by Gasteiger charge is 2.37. The molecule has 156 valence electrons. The van der Waals surface area contributed by atoms with E-state index in [9.17, 15) is 4.79 Å². The average molecular weight is 404 g/mol. The summed E-state index contributed by atoms with van der Waals surface area (Å²) >= 11 is 0. The second-order valence-corrected chi connectivity index (χ2v) is 9.05. The van der Waals surface area contributed by atoms with E-state index >= 15 is 0 Å². The van der Waals surface area contributed by atoms with Gasteiger partial charge in [0, 0.05) is 22.7 Å². The molecule has 4 rings (SSSR count). The summed E-state index contributed by atoms with van der Waals surface area (Å²) in [5.74, 6) is 0.354. The number of amides is 1. The quantitative estimate of drug-likeness (QED) is 0.449. The van der Waals surface area contributed by atoms with Gasteiger partial charge in [0.25, 0.3) is 0 Å². The lowest BCUT2D eigenvalue weighted by Gasteiger charge is -2.50. The number of para-hydroxylation sites is 1. The first-order valence-electron chi connectivity index (χ1n) is 10.5. The van der Waals surface area contributed by atoms with Crippen molar-refractivity contribution in [2.24, 2.45) is 5.10 Å². The topological polar surface area (TPSA) is 57.8 Å². The Labute approximate surface area is 177 Å². The molecule has 1 aliphatic heterocycles. The predicted octanol–water partition coefficient (Wildman–Crippen LogP) is 5.70. The van der Waals surface area contributed by atoms with Crippen molar-refractivity contribution in [3.63, 3.8) is 0 Å². The van der Waals surface area contributed by atoms with Crippen LogP contribution in [0, 0.1) is 0 Å². The molecule has 1 amide bonds. The fourth-order valence-electron chi connectivity index (χ4n) is 4.84. The molecule has 1 aliphatic rings. The zero-order valence-electron chi connectivity index (χ0n) is 18.3. The van der Waals surface area contributed by atoms with Crippen LogP contribution in [0.5, 0.6) is 0 Å². The molecule has 1 atom stereocenters. The summed E-state index contributed by atoms with van der Waals surface area (Å²) in [6.07, 6.45) is 2.79. The van der Waals surface area contributed by atoms with Gasteiger partial charge in [-0.15, -0.1) is 0 Å². The van der Waals surface area contributed by atoms with E-state index in [1.807, 2.05) is 24.3 Å². The van der Waals surface area contributed by atoms with Gasteiger partial charge in [0.05, 0.1) is 6.21 Å². The van der Waals surface area contributed by atoms with Crippen molar-refractivity contribution in [1.82, 2.24) is 5.43 Å². The zero-order valence-corrected chi connectivity index (χ0v) is 18.3. The lowest BCUT2D eigenvalue weighted by atomic mass is 9.79. The summed E-state index contributed by atoms with van der Waals surface area (Å²) < 4.78 is 5.58. The number of anilines is 1. The Morgan fingerprint density at radius 1 is 1.23 bits per heavy atom. The maximum Gasteiger partial charge on any atom is 0.307 e. The van der Waals surface area contributed by atoms with E-state index in [0.29, 0.717) is 17.5 Å². The molecule has 1 aromatic heterocycles. The van der Waals surface area contributed by atoms with Crippen LogP contribution in [-0.4, -0.2) is 23.7 Å². The Bertz CT molecular complexity index is 1080.